The van der Waals surface area contributed by atoms with Gasteiger partial charge >= 0.3 is 0 Å². The molecule has 0 bridgehead atoms. The molecule has 3 nitrogen and oxygen atoms in total. The van der Waals surface area contributed by atoms with E-state index in [9.17, 15) is 0 Å². The van der Waals surface area contributed by atoms with Crippen LogP contribution in [0.15, 0.2) is 30.5 Å². The number of methoxy groups -OCH3 is 1. The van der Waals surface area contributed by atoms with Crippen molar-refractivity contribution in [2.24, 2.45) is 0 Å². The number of hydrogen-bond acceptors (Lipinski definition) is 3. The summed E-state index contributed by atoms with van der Waals surface area (Å²) in [5.41, 5.74) is 0. The van der Waals surface area contributed by atoms with Gasteiger partial charge in [-0.2, -0.15) is 0 Å². The van der Waals surface area contributed by atoms with Crippen LogP contribution in [-0.4, -0.2) is 23.0 Å². The van der Waals surface area contributed by atoms with Crippen LogP contribution in [0.1, 0.15) is 20.3 Å². The molecule has 2 rings (SSSR count). The zero-order valence-electron chi connectivity index (χ0n) is 11.5. The first-order valence-electron chi connectivity index (χ1n) is 6.43. The van der Waals surface area contributed by atoms with E-state index < -0.39 is 0 Å². The lowest BCUT2D eigenvalue weighted by molar-refractivity contribution is 0.415. The largest absolute Gasteiger partial charge is 0.497 e. The van der Waals surface area contributed by atoms with E-state index in [1.165, 1.54) is 0 Å². The SMILES string of the molecule is COc1ccc2ccnc(NC(C)CC(C)Br)c2c1. The van der Waals surface area contributed by atoms with Crippen LogP contribution < -0.4 is 10.1 Å². The quantitative estimate of drug-likeness (QED) is 0.837. The summed E-state index contributed by atoms with van der Waals surface area (Å²) in [5, 5.41) is 5.73. The van der Waals surface area contributed by atoms with Crippen LogP contribution >= 0.6 is 15.9 Å². The topological polar surface area (TPSA) is 34.1 Å². The van der Waals surface area contributed by atoms with Gasteiger partial charge in [-0.25, -0.2) is 4.98 Å². The second kappa shape index (κ2) is 6.24. The molecular formula is C15H19BrN2O. The van der Waals surface area contributed by atoms with E-state index in [2.05, 4.69) is 46.1 Å². The number of benzene rings is 1. The molecule has 102 valence electrons. The zero-order chi connectivity index (χ0) is 13.8. The third kappa shape index (κ3) is 3.60. The maximum atomic E-state index is 5.28. The van der Waals surface area contributed by atoms with E-state index >= 15 is 0 Å². The van der Waals surface area contributed by atoms with Crippen LogP contribution in [0.5, 0.6) is 5.75 Å². The van der Waals surface area contributed by atoms with Crippen molar-refractivity contribution in [1.29, 1.82) is 0 Å². The van der Waals surface area contributed by atoms with Crippen LogP contribution in [0.4, 0.5) is 5.82 Å². The molecule has 0 spiro atoms. The summed E-state index contributed by atoms with van der Waals surface area (Å²) in [4.78, 5) is 4.93. The molecule has 1 aromatic heterocycles. The molecule has 1 heterocycles. The Kier molecular flexibility index (Phi) is 4.64. The number of rotatable bonds is 5. The Balaban J connectivity index is 2.31. The Labute approximate surface area is 122 Å². The molecule has 0 fully saturated rings. The number of fused-ring (bicyclic) bond motifs is 1. The molecule has 2 unspecified atom stereocenters. The summed E-state index contributed by atoms with van der Waals surface area (Å²) in [6, 6.07) is 8.42. The van der Waals surface area contributed by atoms with Crippen molar-refractivity contribution < 1.29 is 4.74 Å². The average molecular weight is 323 g/mol. The molecule has 0 saturated heterocycles. The maximum absolute atomic E-state index is 5.28. The van der Waals surface area contributed by atoms with Gasteiger partial charge in [0.05, 0.1) is 7.11 Å². The van der Waals surface area contributed by atoms with Gasteiger partial charge in [-0.1, -0.05) is 28.9 Å². The summed E-state index contributed by atoms with van der Waals surface area (Å²) in [6.45, 7) is 4.32. The standard InChI is InChI=1S/C15H19BrN2O/c1-10(16)8-11(2)18-15-14-9-13(19-3)5-4-12(14)6-7-17-15/h4-7,9-11H,8H2,1-3H3,(H,17,18). The van der Waals surface area contributed by atoms with Gasteiger partial charge in [0.25, 0.3) is 0 Å². The number of nitrogens with one attached hydrogen (secondary N) is 1. The van der Waals surface area contributed by atoms with E-state index in [0.717, 1.165) is 28.8 Å². The summed E-state index contributed by atoms with van der Waals surface area (Å²) < 4.78 is 5.28. The third-order valence-electron chi connectivity index (χ3n) is 3.03. The predicted molar refractivity (Wildman–Crippen MR) is 84.4 cm³/mol. The van der Waals surface area contributed by atoms with Gasteiger partial charge in [0.2, 0.25) is 0 Å². The van der Waals surface area contributed by atoms with Crippen LogP contribution in [0.2, 0.25) is 0 Å². The number of halogens is 1. The minimum atomic E-state index is 0.360. The van der Waals surface area contributed by atoms with Gasteiger partial charge in [0, 0.05) is 22.5 Å². The lowest BCUT2D eigenvalue weighted by Crippen LogP contribution is -2.19. The second-order valence-corrected chi connectivity index (χ2v) is 6.37. The zero-order valence-corrected chi connectivity index (χ0v) is 13.1. The molecule has 0 radical (unpaired) electrons. The van der Waals surface area contributed by atoms with Gasteiger partial charge < -0.3 is 10.1 Å². The van der Waals surface area contributed by atoms with Crippen LogP contribution in [0.25, 0.3) is 10.8 Å². The molecule has 4 heteroatoms. The highest BCUT2D eigenvalue weighted by Gasteiger charge is 2.09. The van der Waals surface area contributed by atoms with E-state index in [-0.39, 0.29) is 0 Å². The number of pyridine rings is 1. The summed E-state index contributed by atoms with van der Waals surface area (Å²) in [5.74, 6) is 1.77. The van der Waals surface area contributed by atoms with Gasteiger partial charge in [-0.3, -0.25) is 0 Å². The number of aromatic nitrogens is 1. The lowest BCUT2D eigenvalue weighted by atomic mass is 10.1. The summed E-state index contributed by atoms with van der Waals surface area (Å²) in [7, 11) is 1.68. The van der Waals surface area contributed by atoms with E-state index in [4.69, 9.17) is 4.74 Å². The third-order valence-corrected chi connectivity index (χ3v) is 3.41. The number of nitrogens with zero attached hydrogens (tertiary/aromatic N) is 1. The smallest absolute Gasteiger partial charge is 0.134 e. The first kappa shape index (κ1) is 14.1. The Morgan fingerprint density at radius 3 is 2.79 bits per heavy atom. The molecule has 0 amide bonds. The fourth-order valence-electron chi connectivity index (χ4n) is 2.17. The molecule has 0 aliphatic carbocycles. The highest BCUT2D eigenvalue weighted by Crippen LogP contribution is 2.26. The normalized spacial score (nSPS) is 14.1. The van der Waals surface area contributed by atoms with Gasteiger partial charge in [-0.05, 0) is 36.9 Å². The monoisotopic (exact) mass is 322 g/mol. The molecule has 19 heavy (non-hydrogen) atoms. The van der Waals surface area contributed by atoms with E-state index in [1.54, 1.807) is 7.11 Å². The molecule has 1 N–H and O–H groups in total. The Bertz CT molecular complexity index is 557. The van der Waals surface area contributed by atoms with Crippen molar-refractivity contribution in [2.45, 2.75) is 31.1 Å². The molecule has 1 aromatic carbocycles. The highest BCUT2D eigenvalue weighted by atomic mass is 79.9. The summed E-state index contributed by atoms with van der Waals surface area (Å²) >= 11 is 3.58. The molecule has 0 aliphatic heterocycles. The van der Waals surface area contributed by atoms with Gasteiger partial charge in [0.1, 0.15) is 11.6 Å². The fraction of sp³-hybridized carbons (Fsp3) is 0.400. The number of hydrogen-bond donors (Lipinski definition) is 1. The first-order chi connectivity index (χ1) is 9.10. The van der Waals surface area contributed by atoms with Crippen molar-refractivity contribution in [3.8, 4) is 5.75 Å². The second-order valence-electron chi connectivity index (χ2n) is 4.81. The highest BCUT2D eigenvalue weighted by molar-refractivity contribution is 9.09. The van der Waals surface area contributed by atoms with Crippen molar-refractivity contribution in [1.82, 2.24) is 4.98 Å². The maximum Gasteiger partial charge on any atom is 0.134 e. The Hall–Kier alpha value is -1.29. The van der Waals surface area contributed by atoms with Crippen LogP contribution in [0.3, 0.4) is 0 Å². The van der Waals surface area contributed by atoms with Crippen molar-refractivity contribution >= 4 is 32.5 Å². The van der Waals surface area contributed by atoms with Crippen molar-refractivity contribution in [3.05, 3.63) is 30.5 Å². The lowest BCUT2D eigenvalue weighted by Gasteiger charge is -2.17. The number of alkyl halides is 1. The van der Waals surface area contributed by atoms with E-state index in [1.807, 2.05) is 24.4 Å². The predicted octanol–water partition coefficient (Wildman–Crippen LogP) is 4.22. The fourth-order valence-corrected chi connectivity index (χ4v) is 2.73. The Morgan fingerprint density at radius 1 is 1.32 bits per heavy atom. The van der Waals surface area contributed by atoms with Crippen molar-refractivity contribution in [3.63, 3.8) is 0 Å². The van der Waals surface area contributed by atoms with Gasteiger partial charge in [-0.15, -0.1) is 0 Å². The first-order valence-corrected chi connectivity index (χ1v) is 7.35. The molecule has 2 atom stereocenters. The van der Waals surface area contributed by atoms with E-state index in [0.29, 0.717) is 10.9 Å². The minimum Gasteiger partial charge on any atom is -0.497 e. The van der Waals surface area contributed by atoms with Crippen LogP contribution in [0, 0.1) is 0 Å². The van der Waals surface area contributed by atoms with Crippen LogP contribution in [-0.2, 0) is 0 Å². The Morgan fingerprint density at radius 2 is 2.11 bits per heavy atom. The average Bonchev–Trinajstić information content (AvgIpc) is 2.37. The van der Waals surface area contributed by atoms with Gasteiger partial charge in [0.15, 0.2) is 0 Å². The number of ether oxygens (including phenoxy) is 1. The number of anilines is 1. The molecule has 0 aliphatic rings. The minimum absolute atomic E-state index is 0.360. The molecule has 2 aromatic rings. The van der Waals surface area contributed by atoms with Crippen molar-refractivity contribution in [2.75, 3.05) is 12.4 Å². The molecule has 0 saturated carbocycles. The summed E-state index contributed by atoms with van der Waals surface area (Å²) in [6.07, 6.45) is 2.88. The molecular weight excluding hydrogens is 304 g/mol.